The molecule has 2 rings (SSSR count). The maximum atomic E-state index is 14.0. The molecule has 100 valence electrons. The quantitative estimate of drug-likeness (QED) is 0.886. The lowest BCUT2D eigenvalue weighted by atomic mass is 10.1. The van der Waals surface area contributed by atoms with Crippen LogP contribution >= 0.6 is 11.6 Å². The third kappa shape index (κ3) is 3.25. The van der Waals surface area contributed by atoms with Gasteiger partial charge in [-0.1, -0.05) is 23.7 Å². The predicted octanol–water partition coefficient (Wildman–Crippen LogP) is 4.03. The van der Waals surface area contributed by atoms with Gasteiger partial charge in [-0.25, -0.2) is 4.39 Å². The van der Waals surface area contributed by atoms with Crippen LogP contribution in [0.1, 0.15) is 11.1 Å². The van der Waals surface area contributed by atoms with E-state index in [-0.39, 0.29) is 5.82 Å². The van der Waals surface area contributed by atoms with Crippen molar-refractivity contribution >= 4 is 23.0 Å². The van der Waals surface area contributed by atoms with Crippen molar-refractivity contribution in [2.45, 2.75) is 13.3 Å². The summed E-state index contributed by atoms with van der Waals surface area (Å²) in [5, 5.41) is 3.72. The first-order chi connectivity index (χ1) is 9.11. The van der Waals surface area contributed by atoms with E-state index < -0.39 is 0 Å². The number of hydrogen-bond donors (Lipinski definition) is 2. The summed E-state index contributed by atoms with van der Waals surface area (Å²) in [5.41, 5.74) is 8.49. The molecule has 2 nitrogen and oxygen atoms in total. The standard InChI is InChI=1S/C15H16ClFN2/c1-10-12(16)3-2-4-14(10)19-15-6-5-11(7-8-18)9-13(15)17/h2-6,9,19H,7-8,18H2,1H3. The summed E-state index contributed by atoms with van der Waals surface area (Å²) in [4.78, 5) is 0. The Morgan fingerprint density at radius 3 is 2.68 bits per heavy atom. The van der Waals surface area contributed by atoms with Gasteiger partial charge in [0.25, 0.3) is 0 Å². The molecule has 0 radical (unpaired) electrons. The molecular formula is C15H16ClFN2. The van der Waals surface area contributed by atoms with E-state index in [1.807, 2.05) is 31.2 Å². The number of hydrogen-bond acceptors (Lipinski definition) is 2. The van der Waals surface area contributed by atoms with E-state index in [9.17, 15) is 4.39 Å². The molecule has 19 heavy (non-hydrogen) atoms. The van der Waals surface area contributed by atoms with Gasteiger partial charge in [0.1, 0.15) is 5.82 Å². The molecule has 0 aliphatic rings. The number of halogens is 2. The van der Waals surface area contributed by atoms with Gasteiger partial charge >= 0.3 is 0 Å². The topological polar surface area (TPSA) is 38.0 Å². The van der Waals surface area contributed by atoms with Crippen LogP contribution in [0.2, 0.25) is 5.02 Å². The molecule has 0 aromatic heterocycles. The van der Waals surface area contributed by atoms with E-state index in [2.05, 4.69) is 5.32 Å². The molecule has 0 bridgehead atoms. The molecule has 0 aliphatic carbocycles. The Hall–Kier alpha value is -1.58. The van der Waals surface area contributed by atoms with Crippen molar-refractivity contribution in [1.82, 2.24) is 0 Å². The van der Waals surface area contributed by atoms with Gasteiger partial charge in [-0.15, -0.1) is 0 Å². The average Bonchev–Trinajstić information content (AvgIpc) is 2.38. The summed E-state index contributed by atoms with van der Waals surface area (Å²) in [6, 6.07) is 10.6. The monoisotopic (exact) mass is 278 g/mol. The van der Waals surface area contributed by atoms with Crippen LogP contribution in [0.15, 0.2) is 36.4 Å². The van der Waals surface area contributed by atoms with Gasteiger partial charge in [0.2, 0.25) is 0 Å². The summed E-state index contributed by atoms with van der Waals surface area (Å²) in [6.07, 6.45) is 0.674. The van der Waals surface area contributed by atoms with Crippen LogP contribution in [0, 0.1) is 12.7 Å². The first-order valence-corrected chi connectivity index (χ1v) is 6.50. The molecule has 0 unspecified atom stereocenters. The highest BCUT2D eigenvalue weighted by Crippen LogP contribution is 2.27. The first-order valence-electron chi connectivity index (χ1n) is 6.12. The largest absolute Gasteiger partial charge is 0.353 e. The lowest BCUT2D eigenvalue weighted by Gasteiger charge is -2.12. The van der Waals surface area contributed by atoms with Crippen LogP contribution < -0.4 is 11.1 Å². The summed E-state index contributed by atoms with van der Waals surface area (Å²) < 4.78 is 14.0. The van der Waals surface area contributed by atoms with E-state index in [1.165, 1.54) is 6.07 Å². The van der Waals surface area contributed by atoms with Crippen LogP contribution in [0.4, 0.5) is 15.8 Å². The molecule has 3 N–H and O–H groups in total. The maximum absolute atomic E-state index is 14.0. The number of nitrogens with one attached hydrogen (secondary N) is 1. The molecule has 0 atom stereocenters. The van der Waals surface area contributed by atoms with E-state index in [0.717, 1.165) is 16.8 Å². The highest BCUT2D eigenvalue weighted by atomic mass is 35.5. The lowest BCUT2D eigenvalue weighted by molar-refractivity contribution is 0.629. The first kappa shape index (κ1) is 13.8. The minimum atomic E-state index is -0.287. The van der Waals surface area contributed by atoms with Gasteiger partial charge in [-0.05, 0) is 55.3 Å². The summed E-state index contributed by atoms with van der Waals surface area (Å²) in [5.74, 6) is -0.287. The zero-order chi connectivity index (χ0) is 13.8. The fraction of sp³-hybridized carbons (Fsp3) is 0.200. The van der Waals surface area contributed by atoms with Crippen molar-refractivity contribution in [1.29, 1.82) is 0 Å². The van der Waals surface area contributed by atoms with Gasteiger partial charge in [-0.3, -0.25) is 0 Å². The number of benzene rings is 2. The third-order valence-corrected chi connectivity index (χ3v) is 3.41. The molecular weight excluding hydrogens is 263 g/mol. The molecule has 0 saturated heterocycles. The third-order valence-electron chi connectivity index (χ3n) is 3.00. The Balaban J connectivity index is 2.26. The number of anilines is 2. The highest BCUT2D eigenvalue weighted by molar-refractivity contribution is 6.31. The minimum absolute atomic E-state index is 0.287. The second-order valence-electron chi connectivity index (χ2n) is 4.39. The minimum Gasteiger partial charge on any atom is -0.353 e. The number of nitrogens with two attached hydrogens (primary N) is 1. The maximum Gasteiger partial charge on any atom is 0.146 e. The van der Waals surface area contributed by atoms with Gasteiger partial charge in [-0.2, -0.15) is 0 Å². The lowest BCUT2D eigenvalue weighted by Crippen LogP contribution is -2.03. The van der Waals surface area contributed by atoms with Gasteiger partial charge < -0.3 is 11.1 Å². The van der Waals surface area contributed by atoms with Crippen molar-refractivity contribution in [2.24, 2.45) is 5.73 Å². The van der Waals surface area contributed by atoms with Gasteiger partial charge in [0.05, 0.1) is 5.69 Å². The molecule has 0 saturated carbocycles. The van der Waals surface area contributed by atoms with E-state index >= 15 is 0 Å². The van der Waals surface area contributed by atoms with Crippen molar-refractivity contribution in [3.05, 3.63) is 58.4 Å². The molecule has 0 heterocycles. The molecule has 0 spiro atoms. The van der Waals surface area contributed by atoms with E-state index in [1.54, 1.807) is 6.07 Å². The normalized spacial score (nSPS) is 10.5. The summed E-state index contributed by atoms with van der Waals surface area (Å²) >= 11 is 6.04. The van der Waals surface area contributed by atoms with Crippen LogP contribution in [0.25, 0.3) is 0 Å². The Labute approximate surface area is 117 Å². The fourth-order valence-electron chi connectivity index (χ4n) is 1.87. The second-order valence-corrected chi connectivity index (χ2v) is 4.80. The molecule has 0 fully saturated rings. The highest BCUT2D eigenvalue weighted by Gasteiger charge is 2.07. The Morgan fingerprint density at radius 2 is 2.00 bits per heavy atom. The smallest absolute Gasteiger partial charge is 0.146 e. The second kappa shape index (κ2) is 6.04. The molecule has 0 aliphatic heterocycles. The predicted molar refractivity (Wildman–Crippen MR) is 78.6 cm³/mol. The van der Waals surface area contributed by atoms with Crippen molar-refractivity contribution < 1.29 is 4.39 Å². The van der Waals surface area contributed by atoms with E-state index in [0.29, 0.717) is 23.7 Å². The average molecular weight is 279 g/mol. The molecule has 2 aromatic carbocycles. The fourth-order valence-corrected chi connectivity index (χ4v) is 2.04. The van der Waals surface area contributed by atoms with Crippen molar-refractivity contribution in [2.75, 3.05) is 11.9 Å². The van der Waals surface area contributed by atoms with Crippen LogP contribution in [0.3, 0.4) is 0 Å². The summed E-state index contributed by atoms with van der Waals surface area (Å²) in [7, 11) is 0. The van der Waals surface area contributed by atoms with Gasteiger partial charge in [0.15, 0.2) is 0 Å². The van der Waals surface area contributed by atoms with E-state index in [4.69, 9.17) is 17.3 Å². The van der Waals surface area contributed by atoms with Crippen molar-refractivity contribution in [3.63, 3.8) is 0 Å². The van der Waals surface area contributed by atoms with Crippen LogP contribution in [0.5, 0.6) is 0 Å². The molecule has 4 heteroatoms. The Kier molecular flexibility index (Phi) is 4.40. The zero-order valence-corrected chi connectivity index (χ0v) is 11.5. The van der Waals surface area contributed by atoms with Crippen LogP contribution in [-0.4, -0.2) is 6.54 Å². The SMILES string of the molecule is Cc1c(Cl)cccc1Nc1ccc(CCN)cc1F. The molecule has 0 amide bonds. The molecule has 2 aromatic rings. The zero-order valence-electron chi connectivity index (χ0n) is 10.7. The Morgan fingerprint density at radius 1 is 1.21 bits per heavy atom. The van der Waals surface area contributed by atoms with Crippen LogP contribution in [-0.2, 0) is 6.42 Å². The Bertz CT molecular complexity index is 584. The van der Waals surface area contributed by atoms with Gasteiger partial charge in [0, 0.05) is 10.7 Å². The number of rotatable bonds is 4. The summed E-state index contributed by atoms with van der Waals surface area (Å²) in [6.45, 7) is 2.41. The van der Waals surface area contributed by atoms with Crippen molar-refractivity contribution in [3.8, 4) is 0 Å².